The van der Waals surface area contributed by atoms with E-state index in [0.717, 1.165) is 0 Å². The number of hydrogen-bond acceptors (Lipinski definition) is 4. The number of amides is 1. The highest BCUT2D eigenvalue weighted by Gasteiger charge is 2.39. The number of primary amides is 1. The largest absolute Gasteiger partial charge is 0.369 e. The molecule has 0 saturated heterocycles. The minimum absolute atomic E-state index is 0.283. The first-order valence-corrected chi connectivity index (χ1v) is 4.09. The standard InChI is InChI=1S/C8H9N5O/c9-7(14)8(2-1-3-10-5-8)6-4-11-13-12-6/h1-4H,5H2,(H2,9,14)(H,11,12,13). The zero-order chi connectivity index (χ0) is 10.0. The Labute approximate surface area is 79.9 Å². The lowest BCUT2D eigenvalue weighted by Crippen LogP contribution is -2.43. The molecule has 3 N–H and O–H groups in total. The van der Waals surface area contributed by atoms with Crippen molar-refractivity contribution in [3.05, 3.63) is 24.0 Å². The summed E-state index contributed by atoms with van der Waals surface area (Å²) >= 11 is 0. The molecule has 1 aromatic heterocycles. The summed E-state index contributed by atoms with van der Waals surface area (Å²) < 4.78 is 0. The first kappa shape index (κ1) is 8.61. The van der Waals surface area contributed by atoms with Crippen molar-refractivity contribution in [3.63, 3.8) is 0 Å². The molecule has 0 saturated carbocycles. The van der Waals surface area contributed by atoms with Crippen molar-refractivity contribution in [1.29, 1.82) is 0 Å². The van der Waals surface area contributed by atoms with E-state index >= 15 is 0 Å². The molecular formula is C8H9N5O. The van der Waals surface area contributed by atoms with E-state index in [-0.39, 0.29) is 6.54 Å². The maximum absolute atomic E-state index is 11.4. The van der Waals surface area contributed by atoms with Gasteiger partial charge in [0.1, 0.15) is 11.1 Å². The fourth-order valence-corrected chi connectivity index (χ4v) is 1.39. The van der Waals surface area contributed by atoms with Gasteiger partial charge in [-0.2, -0.15) is 15.4 Å². The predicted molar refractivity (Wildman–Crippen MR) is 49.8 cm³/mol. The molecule has 0 radical (unpaired) electrons. The third-order valence-corrected chi connectivity index (χ3v) is 2.22. The number of aromatic nitrogens is 3. The third kappa shape index (κ3) is 1.12. The molecule has 72 valence electrons. The Morgan fingerprint density at radius 2 is 2.50 bits per heavy atom. The van der Waals surface area contributed by atoms with Gasteiger partial charge in [0.15, 0.2) is 0 Å². The van der Waals surface area contributed by atoms with E-state index in [4.69, 9.17) is 5.73 Å². The van der Waals surface area contributed by atoms with Crippen molar-refractivity contribution in [2.75, 3.05) is 6.54 Å². The molecule has 6 heteroatoms. The van der Waals surface area contributed by atoms with Gasteiger partial charge >= 0.3 is 0 Å². The van der Waals surface area contributed by atoms with Crippen LogP contribution in [0, 0.1) is 0 Å². The second-order valence-electron chi connectivity index (χ2n) is 3.04. The molecule has 0 bridgehead atoms. The predicted octanol–water partition coefficient (Wildman–Crippen LogP) is -0.832. The lowest BCUT2D eigenvalue weighted by atomic mass is 9.82. The normalized spacial score (nSPS) is 25.1. The van der Waals surface area contributed by atoms with Crippen LogP contribution in [0.3, 0.4) is 0 Å². The Morgan fingerprint density at radius 1 is 1.64 bits per heavy atom. The van der Waals surface area contributed by atoms with Crippen LogP contribution in [0.5, 0.6) is 0 Å². The van der Waals surface area contributed by atoms with E-state index < -0.39 is 11.3 Å². The number of carbonyl (C=O) groups excluding carboxylic acids is 1. The monoisotopic (exact) mass is 191 g/mol. The smallest absolute Gasteiger partial charge is 0.235 e. The molecule has 1 atom stereocenters. The van der Waals surface area contributed by atoms with Crippen LogP contribution in [0.4, 0.5) is 0 Å². The van der Waals surface area contributed by atoms with E-state index in [1.54, 1.807) is 18.4 Å². The summed E-state index contributed by atoms with van der Waals surface area (Å²) in [4.78, 5) is 15.4. The number of carbonyl (C=O) groups is 1. The average molecular weight is 191 g/mol. The highest BCUT2D eigenvalue weighted by atomic mass is 16.1. The highest BCUT2D eigenvalue weighted by Crippen LogP contribution is 2.25. The van der Waals surface area contributed by atoms with Crippen LogP contribution in [0.1, 0.15) is 5.69 Å². The summed E-state index contributed by atoms with van der Waals surface area (Å²) in [7, 11) is 0. The molecule has 0 fully saturated rings. The van der Waals surface area contributed by atoms with Gasteiger partial charge in [0.25, 0.3) is 0 Å². The molecule has 1 unspecified atom stereocenters. The molecule has 2 rings (SSSR count). The SMILES string of the molecule is NC(=O)C1(c2cn[nH]n2)C=CC=NC1. The van der Waals surface area contributed by atoms with Crippen LogP contribution in [-0.2, 0) is 10.2 Å². The molecule has 1 aliphatic heterocycles. The maximum atomic E-state index is 11.4. The van der Waals surface area contributed by atoms with E-state index in [9.17, 15) is 4.79 Å². The number of allylic oxidation sites excluding steroid dienone is 1. The summed E-state index contributed by atoms with van der Waals surface area (Å²) in [6.45, 7) is 0.283. The molecule has 6 nitrogen and oxygen atoms in total. The van der Waals surface area contributed by atoms with Gasteiger partial charge in [-0.05, 0) is 6.08 Å². The Balaban J connectivity index is 2.47. The van der Waals surface area contributed by atoms with Gasteiger partial charge < -0.3 is 5.73 Å². The van der Waals surface area contributed by atoms with Crippen LogP contribution >= 0.6 is 0 Å². The molecule has 14 heavy (non-hydrogen) atoms. The zero-order valence-electron chi connectivity index (χ0n) is 7.34. The number of aliphatic imine (C=N–C) groups is 1. The zero-order valence-corrected chi connectivity index (χ0v) is 7.34. The first-order valence-electron chi connectivity index (χ1n) is 4.09. The third-order valence-electron chi connectivity index (χ3n) is 2.22. The van der Waals surface area contributed by atoms with Crippen LogP contribution in [0.15, 0.2) is 23.3 Å². The second-order valence-corrected chi connectivity index (χ2v) is 3.04. The number of aromatic amines is 1. The molecule has 1 aromatic rings. The second kappa shape index (κ2) is 3.06. The van der Waals surface area contributed by atoms with Gasteiger partial charge in [0.05, 0.1) is 12.7 Å². The van der Waals surface area contributed by atoms with Crippen LogP contribution in [-0.4, -0.2) is 34.1 Å². The summed E-state index contributed by atoms with van der Waals surface area (Å²) in [5.41, 5.74) is 4.90. The van der Waals surface area contributed by atoms with E-state index in [1.807, 2.05) is 0 Å². The van der Waals surface area contributed by atoms with Gasteiger partial charge in [0, 0.05) is 6.21 Å². The molecule has 0 spiro atoms. The van der Waals surface area contributed by atoms with Crippen molar-refractivity contribution in [1.82, 2.24) is 15.4 Å². The Hall–Kier alpha value is -1.98. The van der Waals surface area contributed by atoms with Crippen LogP contribution < -0.4 is 5.73 Å². The van der Waals surface area contributed by atoms with Crippen LogP contribution in [0.2, 0.25) is 0 Å². The summed E-state index contributed by atoms with van der Waals surface area (Å²) in [6, 6.07) is 0. The van der Waals surface area contributed by atoms with E-state index in [0.29, 0.717) is 5.69 Å². The van der Waals surface area contributed by atoms with Gasteiger partial charge in [-0.3, -0.25) is 9.79 Å². The number of H-pyrrole nitrogens is 1. The minimum atomic E-state index is -0.943. The van der Waals surface area contributed by atoms with Gasteiger partial charge in [-0.15, -0.1) is 0 Å². The molecule has 0 aliphatic carbocycles. The molecule has 2 heterocycles. The van der Waals surface area contributed by atoms with Crippen molar-refractivity contribution in [2.24, 2.45) is 10.7 Å². The van der Waals surface area contributed by atoms with E-state index in [1.165, 1.54) is 6.20 Å². The lowest BCUT2D eigenvalue weighted by Gasteiger charge is -2.23. The maximum Gasteiger partial charge on any atom is 0.235 e. The van der Waals surface area contributed by atoms with Crippen LogP contribution in [0.25, 0.3) is 0 Å². The average Bonchev–Trinajstić information content (AvgIpc) is 2.72. The van der Waals surface area contributed by atoms with Crippen molar-refractivity contribution in [3.8, 4) is 0 Å². The number of nitrogens with zero attached hydrogens (tertiary/aromatic N) is 3. The summed E-state index contributed by atoms with van der Waals surface area (Å²) in [6.07, 6.45) is 6.49. The van der Waals surface area contributed by atoms with Gasteiger partial charge in [-0.25, -0.2) is 0 Å². The Bertz CT molecular complexity index is 394. The topological polar surface area (TPSA) is 97.0 Å². The van der Waals surface area contributed by atoms with Gasteiger partial charge in [0.2, 0.25) is 5.91 Å². The first-order chi connectivity index (χ1) is 6.76. The quantitative estimate of drug-likeness (QED) is 0.638. The number of nitrogens with one attached hydrogen (secondary N) is 1. The minimum Gasteiger partial charge on any atom is -0.369 e. The Morgan fingerprint density at radius 3 is 3.00 bits per heavy atom. The van der Waals surface area contributed by atoms with Gasteiger partial charge in [-0.1, -0.05) is 6.08 Å². The fraction of sp³-hybridized carbons (Fsp3) is 0.250. The molecule has 1 aliphatic rings. The number of dihydropyridines is 1. The summed E-state index contributed by atoms with van der Waals surface area (Å²) in [5.74, 6) is -0.473. The molecule has 0 aromatic carbocycles. The van der Waals surface area contributed by atoms with Crippen molar-refractivity contribution < 1.29 is 4.79 Å². The Kier molecular flexibility index (Phi) is 1.88. The van der Waals surface area contributed by atoms with E-state index in [2.05, 4.69) is 20.4 Å². The lowest BCUT2D eigenvalue weighted by molar-refractivity contribution is -0.121. The number of nitrogens with two attached hydrogens (primary N) is 1. The highest BCUT2D eigenvalue weighted by molar-refractivity contribution is 5.91. The molecular weight excluding hydrogens is 182 g/mol. The number of rotatable bonds is 2. The fourth-order valence-electron chi connectivity index (χ4n) is 1.39. The molecule has 1 amide bonds. The van der Waals surface area contributed by atoms with Crippen molar-refractivity contribution >= 4 is 12.1 Å². The number of hydrogen-bond donors (Lipinski definition) is 2. The van der Waals surface area contributed by atoms with Crippen molar-refractivity contribution in [2.45, 2.75) is 5.41 Å². The summed E-state index contributed by atoms with van der Waals surface area (Å²) in [5, 5.41) is 9.98.